The van der Waals surface area contributed by atoms with Crippen LogP contribution in [-0.2, 0) is 5.88 Å². The summed E-state index contributed by atoms with van der Waals surface area (Å²) < 4.78 is 18.9. The van der Waals surface area contributed by atoms with Crippen molar-refractivity contribution in [1.29, 1.82) is 0 Å². The van der Waals surface area contributed by atoms with Gasteiger partial charge >= 0.3 is 0 Å². The zero-order chi connectivity index (χ0) is 13.8. The number of non-ortho nitro benzene ring substituents is 1. The lowest BCUT2D eigenvalue weighted by molar-refractivity contribution is -0.384. The lowest BCUT2D eigenvalue weighted by atomic mass is 10.2. The molecule has 2 aromatic rings. The van der Waals surface area contributed by atoms with E-state index in [0.29, 0.717) is 11.3 Å². The van der Waals surface area contributed by atoms with Crippen LogP contribution in [0.2, 0.25) is 0 Å². The molecule has 0 spiro atoms. The van der Waals surface area contributed by atoms with Gasteiger partial charge in [-0.2, -0.15) is 0 Å². The zero-order valence-electron chi connectivity index (χ0n) is 9.68. The molecule has 19 heavy (non-hydrogen) atoms. The summed E-state index contributed by atoms with van der Waals surface area (Å²) in [5.41, 5.74) is 0.598. The van der Waals surface area contributed by atoms with Gasteiger partial charge < -0.3 is 4.74 Å². The second kappa shape index (κ2) is 5.67. The first-order chi connectivity index (χ1) is 9.10. The van der Waals surface area contributed by atoms with Gasteiger partial charge in [0.1, 0.15) is 5.75 Å². The van der Waals surface area contributed by atoms with Gasteiger partial charge in [-0.25, -0.2) is 4.39 Å². The first-order valence-electron chi connectivity index (χ1n) is 5.37. The molecule has 0 aromatic heterocycles. The molecular weight excluding hydrogens is 273 g/mol. The van der Waals surface area contributed by atoms with Crippen LogP contribution in [0.25, 0.3) is 0 Å². The van der Waals surface area contributed by atoms with Crippen LogP contribution in [0.1, 0.15) is 5.56 Å². The molecule has 6 heteroatoms. The molecular formula is C13H9ClFNO3. The Bertz CT molecular complexity index is 601. The van der Waals surface area contributed by atoms with Gasteiger partial charge in [-0.15, -0.1) is 11.6 Å². The van der Waals surface area contributed by atoms with Crippen LogP contribution >= 0.6 is 11.6 Å². The Balaban J connectivity index is 2.19. The Hall–Kier alpha value is -2.14. The molecule has 0 bridgehead atoms. The molecule has 0 aliphatic rings. The fourth-order valence-corrected chi connectivity index (χ4v) is 1.64. The van der Waals surface area contributed by atoms with Crippen molar-refractivity contribution < 1.29 is 14.1 Å². The molecule has 0 aliphatic carbocycles. The number of nitrogens with zero attached hydrogens (tertiary/aromatic N) is 1. The quantitative estimate of drug-likeness (QED) is 0.478. The van der Waals surface area contributed by atoms with E-state index in [2.05, 4.69) is 0 Å². The normalized spacial score (nSPS) is 10.2. The maximum Gasteiger partial charge on any atom is 0.269 e. The highest BCUT2D eigenvalue weighted by molar-refractivity contribution is 6.17. The summed E-state index contributed by atoms with van der Waals surface area (Å²) in [7, 11) is 0. The van der Waals surface area contributed by atoms with E-state index in [1.54, 1.807) is 6.07 Å². The van der Waals surface area contributed by atoms with Gasteiger partial charge in [-0.05, 0) is 29.8 Å². The molecule has 4 nitrogen and oxygen atoms in total. The van der Waals surface area contributed by atoms with Crippen LogP contribution < -0.4 is 4.74 Å². The van der Waals surface area contributed by atoms with Crippen molar-refractivity contribution in [2.75, 3.05) is 0 Å². The molecule has 0 radical (unpaired) electrons. The minimum absolute atomic E-state index is 0.0442. The largest absolute Gasteiger partial charge is 0.454 e. The van der Waals surface area contributed by atoms with Crippen LogP contribution in [0.15, 0.2) is 42.5 Å². The first kappa shape index (κ1) is 13.3. The number of benzene rings is 2. The minimum Gasteiger partial charge on any atom is -0.454 e. The highest BCUT2D eigenvalue weighted by Gasteiger charge is 2.08. The summed E-state index contributed by atoms with van der Waals surface area (Å²) in [5, 5.41) is 10.5. The van der Waals surface area contributed by atoms with E-state index < -0.39 is 10.7 Å². The SMILES string of the molecule is O=[N+]([O-])c1ccc(Oc2ccc(CCl)cc2F)cc1. The summed E-state index contributed by atoms with van der Waals surface area (Å²) >= 11 is 5.59. The van der Waals surface area contributed by atoms with E-state index in [0.717, 1.165) is 0 Å². The number of halogens is 2. The average Bonchev–Trinajstić information content (AvgIpc) is 2.41. The molecule has 2 aromatic carbocycles. The van der Waals surface area contributed by atoms with Gasteiger partial charge in [0.2, 0.25) is 0 Å². The molecule has 0 unspecified atom stereocenters. The fraction of sp³-hybridized carbons (Fsp3) is 0.0769. The Kier molecular flexibility index (Phi) is 3.97. The molecule has 0 saturated heterocycles. The lowest BCUT2D eigenvalue weighted by Crippen LogP contribution is -1.91. The molecule has 0 aliphatic heterocycles. The molecule has 0 N–H and O–H groups in total. The number of nitro groups is 1. The maximum atomic E-state index is 13.6. The molecule has 2 rings (SSSR count). The van der Waals surface area contributed by atoms with Gasteiger partial charge in [0, 0.05) is 18.0 Å². The summed E-state index contributed by atoms with van der Waals surface area (Å²) in [5.74, 6) is 0.0525. The molecule has 0 atom stereocenters. The monoisotopic (exact) mass is 281 g/mol. The van der Waals surface area contributed by atoms with E-state index in [1.165, 1.54) is 36.4 Å². The predicted octanol–water partition coefficient (Wildman–Crippen LogP) is 4.27. The molecule has 98 valence electrons. The third-order valence-corrected chi connectivity index (χ3v) is 2.73. The summed E-state index contributed by atoms with van der Waals surface area (Å²) in [6, 6.07) is 9.81. The second-order valence-electron chi connectivity index (χ2n) is 3.75. The smallest absolute Gasteiger partial charge is 0.269 e. The maximum absolute atomic E-state index is 13.6. The van der Waals surface area contributed by atoms with Gasteiger partial charge in [0.25, 0.3) is 5.69 Å². The van der Waals surface area contributed by atoms with Crippen LogP contribution in [0.3, 0.4) is 0 Å². The van der Waals surface area contributed by atoms with Crippen molar-refractivity contribution in [3.8, 4) is 11.5 Å². The summed E-state index contributed by atoms with van der Waals surface area (Å²) in [6.07, 6.45) is 0. The van der Waals surface area contributed by atoms with E-state index in [9.17, 15) is 14.5 Å². The van der Waals surface area contributed by atoms with Crippen molar-refractivity contribution in [2.45, 2.75) is 5.88 Å². The Morgan fingerprint density at radius 2 is 1.89 bits per heavy atom. The zero-order valence-corrected chi connectivity index (χ0v) is 10.4. The number of ether oxygens (including phenoxy) is 1. The minimum atomic E-state index is -0.531. The number of alkyl halides is 1. The third kappa shape index (κ3) is 3.20. The summed E-state index contributed by atoms with van der Waals surface area (Å²) in [6.45, 7) is 0. The number of rotatable bonds is 4. The predicted molar refractivity (Wildman–Crippen MR) is 69.1 cm³/mol. The standard InChI is InChI=1S/C13H9ClFNO3/c14-8-9-1-6-13(12(15)7-9)19-11-4-2-10(3-5-11)16(17)18/h1-7H,8H2. The average molecular weight is 282 g/mol. The van der Waals surface area contributed by atoms with Crippen molar-refractivity contribution in [3.05, 3.63) is 64.0 Å². The van der Waals surface area contributed by atoms with Crippen molar-refractivity contribution in [3.63, 3.8) is 0 Å². The number of hydrogen-bond donors (Lipinski definition) is 0. The highest BCUT2D eigenvalue weighted by Crippen LogP contribution is 2.27. The second-order valence-corrected chi connectivity index (χ2v) is 4.02. The lowest BCUT2D eigenvalue weighted by Gasteiger charge is -2.07. The van der Waals surface area contributed by atoms with Gasteiger partial charge in [-0.1, -0.05) is 6.07 Å². The van der Waals surface area contributed by atoms with Gasteiger partial charge in [-0.3, -0.25) is 10.1 Å². The third-order valence-electron chi connectivity index (χ3n) is 2.43. The Labute approximate surface area is 113 Å². The van der Waals surface area contributed by atoms with E-state index >= 15 is 0 Å². The molecule has 0 saturated carbocycles. The van der Waals surface area contributed by atoms with Crippen LogP contribution in [-0.4, -0.2) is 4.92 Å². The molecule has 0 fully saturated rings. The van der Waals surface area contributed by atoms with Crippen LogP contribution in [0.4, 0.5) is 10.1 Å². The van der Waals surface area contributed by atoms with Crippen LogP contribution in [0.5, 0.6) is 11.5 Å². The van der Waals surface area contributed by atoms with E-state index in [4.69, 9.17) is 16.3 Å². The van der Waals surface area contributed by atoms with Crippen molar-refractivity contribution in [2.24, 2.45) is 0 Å². The highest BCUT2D eigenvalue weighted by atomic mass is 35.5. The van der Waals surface area contributed by atoms with Gasteiger partial charge in [0.05, 0.1) is 4.92 Å². The summed E-state index contributed by atoms with van der Waals surface area (Å²) in [4.78, 5) is 9.97. The first-order valence-corrected chi connectivity index (χ1v) is 5.90. The number of hydrogen-bond acceptors (Lipinski definition) is 3. The Morgan fingerprint density at radius 1 is 1.21 bits per heavy atom. The fourth-order valence-electron chi connectivity index (χ4n) is 1.47. The van der Waals surface area contributed by atoms with Crippen LogP contribution in [0, 0.1) is 15.9 Å². The van der Waals surface area contributed by atoms with Gasteiger partial charge in [0.15, 0.2) is 11.6 Å². The van der Waals surface area contributed by atoms with E-state index in [1.807, 2.05) is 0 Å². The Morgan fingerprint density at radius 3 is 2.42 bits per heavy atom. The van der Waals surface area contributed by atoms with E-state index in [-0.39, 0.29) is 17.3 Å². The van der Waals surface area contributed by atoms with Crippen molar-refractivity contribution in [1.82, 2.24) is 0 Å². The molecule has 0 amide bonds. The topological polar surface area (TPSA) is 52.4 Å². The number of nitro benzene ring substituents is 1. The molecule has 0 heterocycles. The van der Waals surface area contributed by atoms with Crippen molar-refractivity contribution >= 4 is 17.3 Å².